The van der Waals surface area contributed by atoms with Gasteiger partial charge in [0.15, 0.2) is 5.84 Å². The van der Waals surface area contributed by atoms with Gasteiger partial charge in [0.2, 0.25) is 0 Å². The third kappa shape index (κ3) is 2.98. The van der Waals surface area contributed by atoms with E-state index < -0.39 is 0 Å². The summed E-state index contributed by atoms with van der Waals surface area (Å²) in [6.07, 6.45) is 0. The Morgan fingerprint density at radius 3 is 2.79 bits per heavy atom. The van der Waals surface area contributed by atoms with Crippen molar-refractivity contribution in [3.63, 3.8) is 0 Å². The molecule has 0 aliphatic carbocycles. The smallest absolute Gasteiger partial charge is 0.170 e. The summed E-state index contributed by atoms with van der Waals surface area (Å²) in [6, 6.07) is 5.83. The van der Waals surface area contributed by atoms with Gasteiger partial charge < -0.3 is 20.6 Å². The lowest BCUT2D eigenvalue weighted by Crippen LogP contribution is -2.48. The molecule has 5 heteroatoms. The number of rotatable bonds is 2. The Kier molecular flexibility index (Phi) is 3.66. The number of morpholine rings is 1. The van der Waals surface area contributed by atoms with Crippen molar-refractivity contribution in [3.05, 3.63) is 29.3 Å². The van der Waals surface area contributed by atoms with Gasteiger partial charge in [-0.1, -0.05) is 5.16 Å². The number of hydrogen-bond donors (Lipinski definition) is 2. The second-order valence-corrected chi connectivity index (χ2v) is 5.52. The first kappa shape index (κ1) is 13.7. The molecule has 3 N–H and O–H groups in total. The zero-order valence-electron chi connectivity index (χ0n) is 11.7. The van der Waals surface area contributed by atoms with Crippen LogP contribution in [0.25, 0.3) is 0 Å². The average Bonchev–Trinajstić information content (AvgIpc) is 2.36. The van der Waals surface area contributed by atoms with E-state index in [0.29, 0.717) is 0 Å². The molecular weight excluding hydrogens is 242 g/mol. The number of hydrogen-bond acceptors (Lipinski definition) is 4. The van der Waals surface area contributed by atoms with E-state index in [-0.39, 0.29) is 11.4 Å². The lowest BCUT2D eigenvalue weighted by atomic mass is 10.0. The van der Waals surface area contributed by atoms with Gasteiger partial charge in [0.1, 0.15) is 0 Å². The minimum absolute atomic E-state index is 0.130. The van der Waals surface area contributed by atoms with Crippen LogP contribution in [0.1, 0.15) is 25.0 Å². The van der Waals surface area contributed by atoms with Crippen molar-refractivity contribution < 1.29 is 9.94 Å². The molecule has 0 aromatic heterocycles. The van der Waals surface area contributed by atoms with Crippen LogP contribution in [0.3, 0.4) is 0 Å². The second-order valence-electron chi connectivity index (χ2n) is 5.52. The second kappa shape index (κ2) is 5.09. The van der Waals surface area contributed by atoms with Crippen molar-refractivity contribution in [1.29, 1.82) is 0 Å². The molecule has 0 bridgehead atoms. The summed E-state index contributed by atoms with van der Waals surface area (Å²) >= 11 is 0. The Balaban J connectivity index is 2.26. The zero-order chi connectivity index (χ0) is 14.0. The fourth-order valence-electron chi connectivity index (χ4n) is 2.45. The average molecular weight is 263 g/mol. The van der Waals surface area contributed by atoms with Crippen molar-refractivity contribution >= 4 is 11.5 Å². The van der Waals surface area contributed by atoms with Crippen molar-refractivity contribution in [2.45, 2.75) is 26.4 Å². The van der Waals surface area contributed by atoms with Crippen LogP contribution >= 0.6 is 0 Å². The first-order valence-corrected chi connectivity index (χ1v) is 6.40. The van der Waals surface area contributed by atoms with Gasteiger partial charge in [-0.05, 0) is 44.5 Å². The molecule has 19 heavy (non-hydrogen) atoms. The van der Waals surface area contributed by atoms with Crippen LogP contribution in [0.5, 0.6) is 0 Å². The molecule has 1 saturated heterocycles. The fraction of sp³-hybridized carbons (Fsp3) is 0.500. The van der Waals surface area contributed by atoms with Gasteiger partial charge in [0.05, 0.1) is 12.2 Å². The summed E-state index contributed by atoms with van der Waals surface area (Å²) in [7, 11) is 0. The van der Waals surface area contributed by atoms with Gasteiger partial charge in [-0.25, -0.2) is 0 Å². The van der Waals surface area contributed by atoms with Crippen LogP contribution in [0, 0.1) is 6.92 Å². The first-order chi connectivity index (χ1) is 8.93. The highest BCUT2D eigenvalue weighted by atomic mass is 16.5. The number of nitrogens with zero attached hydrogens (tertiary/aromatic N) is 2. The Hall–Kier alpha value is -1.75. The van der Waals surface area contributed by atoms with E-state index in [1.807, 2.05) is 25.1 Å². The minimum Gasteiger partial charge on any atom is -0.409 e. The molecule has 1 aliphatic heterocycles. The van der Waals surface area contributed by atoms with Crippen LogP contribution < -0.4 is 10.6 Å². The highest BCUT2D eigenvalue weighted by Crippen LogP contribution is 2.26. The van der Waals surface area contributed by atoms with Crippen LogP contribution in [0.4, 0.5) is 5.69 Å². The largest absolute Gasteiger partial charge is 0.409 e. The number of benzene rings is 1. The third-order valence-corrected chi connectivity index (χ3v) is 3.37. The number of oxime groups is 1. The normalized spacial score (nSPS) is 19.5. The molecule has 5 nitrogen and oxygen atoms in total. The Bertz CT molecular complexity index is 497. The molecule has 0 unspecified atom stereocenters. The molecule has 2 rings (SSSR count). The molecule has 0 saturated carbocycles. The van der Waals surface area contributed by atoms with Crippen LogP contribution in [0.2, 0.25) is 0 Å². The maximum absolute atomic E-state index is 8.70. The Morgan fingerprint density at radius 2 is 2.21 bits per heavy atom. The van der Waals surface area contributed by atoms with Gasteiger partial charge >= 0.3 is 0 Å². The zero-order valence-corrected chi connectivity index (χ0v) is 11.7. The van der Waals surface area contributed by atoms with Crippen molar-refractivity contribution in [2.24, 2.45) is 10.9 Å². The lowest BCUT2D eigenvalue weighted by Gasteiger charge is -2.40. The van der Waals surface area contributed by atoms with Crippen LogP contribution in [-0.2, 0) is 4.74 Å². The van der Waals surface area contributed by atoms with Gasteiger partial charge in [0, 0.05) is 24.3 Å². The maximum Gasteiger partial charge on any atom is 0.170 e. The Labute approximate surface area is 113 Å². The third-order valence-electron chi connectivity index (χ3n) is 3.37. The van der Waals surface area contributed by atoms with Crippen LogP contribution in [0.15, 0.2) is 23.4 Å². The standard InChI is InChI=1S/C14H21N3O2/c1-10-8-11(13(15)16-18)4-5-12(10)17-6-7-19-14(2,3)9-17/h4-5,8,18H,6-7,9H2,1-3H3,(H2,15,16). The molecule has 1 aromatic rings. The summed E-state index contributed by atoms with van der Waals surface area (Å²) in [5.74, 6) is 0.136. The molecule has 104 valence electrons. The maximum atomic E-state index is 8.70. The predicted molar refractivity (Wildman–Crippen MR) is 75.9 cm³/mol. The predicted octanol–water partition coefficient (Wildman–Crippen LogP) is 1.70. The van der Waals surface area contributed by atoms with Gasteiger partial charge in [-0.3, -0.25) is 0 Å². The number of amidine groups is 1. The SMILES string of the molecule is Cc1cc(/C(N)=N/O)ccc1N1CCOC(C)(C)C1. The highest BCUT2D eigenvalue weighted by molar-refractivity contribution is 5.97. The topological polar surface area (TPSA) is 71.1 Å². The number of aryl methyl sites for hydroxylation is 1. The number of ether oxygens (including phenoxy) is 1. The number of anilines is 1. The Morgan fingerprint density at radius 1 is 1.47 bits per heavy atom. The van der Waals surface area contributed by atoms with Crippen molar-refractivity contribution in [3.8, 4) is 0 Å². The molecular formula is C14H21N3O2. The quantitative estimate of drug-likeness (QED) is 0.369. The van der Waals surface area contributed by atoms with Crippen molar-refractivity contribution in [1.82, 2.24) is 0 Å². The first-order valence-electron chi connectivity index (χ1n) is 6.40. The number of nitrogens with two attached hydrogens (primary N) is 1. The molecule has 1 aliphatic rings. The van der Waals surface area contributed by atoms with E-state index in [1.165, 1.54) is 5.69 Å². The highest BCUT2D eigenvalue weighted by Gasteiger charge is 2.27. The van der Waals surface area contributed by atoms with E-state index in [1.54, 1.807) is 0 Å². The molecule has 0 amide bonds. The van der Waals surface area contributed by atoms with Gasteiger partial charge in [0.25, 0.3) is 0 Å². The molecule has 0 spiro atoms. The molecule has 1 aromatic carbocycles. The van der Waals surface area contributed by atoms with E-state index in [0.717, 1.165) is 30.8 Å². The van der Waals surface area contributed by atoms with E-state index in [4.69, 9.17) is 15.7 Å². The van der Waals surface area contributed by atoms with Crippen molar-refractivity contribution in [2.75, 3.05) is 24.6 Å². The van der Waals surface area contributed by atoms with E-state index in [2.05, 4.69) is 23.9 Å². The minimum atomic E-state index is -0.130. The van der Waals surface area contributed by atoms with E-state index in [9.17, 15) is 0 Å². The molecule has 1 fully saturated rings. The summed E-state index contributed by atoms with van der Waals surface area (Å²) in [6.45, 7) is 8.70. The summed E-state index contributed by atoms with van der Waals surface area (Å²) in [4.78, 5) is 2.31. The summed E-state index contributed by atoms with van der Waals surface area (Å²) in [5.41, 5.74) is 8.49. The fourth-order valence-corrected chi connectivity index (χ4v) is 2.45. The monoisotopic (exact) mass is 263 g/mol. The van der Waals surface area contributed by atoms with Gasteiger partial charge in [-0.15, -0.1) is 0 Å². The molecule has 0 radical (unpaired) electrons. The van der Waals surface area contributed by atoms with Crippen LogP contribution in [-0.4, -0.2) is 36.3 Å². The lowest BCUT2D eigenvalue weighted by molar-refractivity contribution is -0.0277. The molecule has 1 heterocycles. The van der Waals surface area contributed by atoms with Gasteiger partial charge in [-0.2, -0.15) is 0 Å². The molecule has 0 atom stereocenters. The summed E-state index contributed by atoms with van der Waals surface area (Å²) < 4.78 is 5.72. The van der Waals surface area contributed by atoms with E-state index >= 15 is 0 Å². The summed E-state index contributed by atoms with van der Waals surface area (Å²) in [5, 5.41) is 11.7.